The zero-order valence-corrected chi connectivity index (χ0v) is 29.0. The van der Waals surface area contributed by atoms with Crippen molar-refractivity contribution in [3.05, 3.63) is 113 Å². The molecule has 0 radical (unpaired) electrons. The summed E-state index contributed by atoms with van der Waals surface area (Å²) in [7, 11) is 0. The fraction of sp³-hybridized carbons (Fsp3) is 0.442. The van der Waals surface area contributed by atoms with Crippen molar-refractivity contribution < 1.29 is 18.9 Å². The third-order valence-electron chi connectivity index (χ3n) is 11.5. The zero-order valence-electron chi connectivity index (χ0n) is 29.0. The molecule has 0 bridgehead atoms. The molecule has 0 spiro atoms. The van der Waals surface area contributed by atoms with Gasteiger partial charge in [0.05, 0.1) is 13.2 Å². The molecule has 2 saturated carbocycles. The van der Waals surface area contributed by atoms with Crippen LogP contribution >= 0.6 is 0 Å². The summed E-state index contributed by atoms with van der Waals surface area (Å²) in [5.41, 5.74) is 12.5. The molecule has 2 aliphatic carbocycles. The molecular weight excluding hydrogens is 594 g/mol. The molecule has 2 aliphatic heterocycles. The quantitative estimate of drug-likeness (QED) is 0.136. The monoisotopic (exact) mass is 643 g/mol. The number of epoxide rings is 2. The Kier molecular flexibility index (Phi) is 8.45. The van der Waals surface area contributed by atoms with Crippen molar-refractivity contribution in [2.45, 2.75) is 109 Å². The summed E-state index contributed by atoms with van der Waals surface area (Å²) in [6.45, 7) is 10.1. The van der Waals surface area contributed by atoms with Crippen LogP contribution in [-0.4, -0.2) is 37.0 Å². The summed E-state index contributed by atoms with van der Waals surface area (Å²) in [5.74, 6) is -0.196. The van der Waals surface area contributed by atoms with E-state index < -0.39 is 0 Å². The standard InChI is InChI=1S/C43H49NO4/c1-29-9-17-38(27-31(29)3)44(39-18-10-30(2)32(4)28-39)37-19-15-35(16-20-37)33-11-13-34(14-12-33)36(21-25-45-42-23-5-7-40(42)47-42)22-26-46-43-24-6-8-41(43)48-43/h9-20,27-28,36,40-41H,5-8,21-26H2,1-4H3. The van der Waals surface area contributed by atoms with Gasteiger partial charge < -0.3 is 23.8 Å². The molecule has 0 aromatic heterocycles. The Bertz CT molecular complexity index is 1680. The molecule has 0 amide bonds. The van der Waals surface area contributed by atoms with E-state index in [1.54, 1.807) is 0 Å². The maximum atomic E-state index is 6.34. The third-order valence-corrected chi connectivity index (χ3v) is 11.5. The van der Waals surface area contributed by atoms with Gasteiger partial charge in [-0.05, 0) is 147 Å². The van der Waals surface area contributed by atoms with Crippen molar-refractivity contribution in [2.24, 2.45) is 0 Å². The molecular formula is C43H49NO4. The molecule has 4 atom stereocenters. The number of nitrogens with zero attached hydrogens (tertiary/aromatic N) is 1. The first kappa shape index (κ1) is 31.8. The number of rotatable bonds is 13. The lowest BCUT2D eigenvalue weighted by Crippen LogP contribution is -2.20. The number of ether oxygens (including phenoxy) is 4. The van der Waals surface area contributed by atoms with E-state index in [-0.39, 0.29) is 11.6 Å². The Morgan fingerprint density at radius 3 is 1.48 bits per heavy atom. The van der Waals surface area contributed by atoms with Crippen molar-refractivity contribution in [3.63, 3.8) is 0 Å². The number of fused-ring (bicyclic) bond motifs is 2. The van der Waals surface area contributed by atoms with Crippen molar-refractivity contribution in [1.82, 2.24) is 0 Å². The molecule has 2 saturated heterocycles. The minimum absolute atomic E-state index is 0.277. The smallest absolute Gasteiger partial charge is 0.195 e. The van der Waals surface area contributed by atoms with Crippen LogP contribution in [0.4, 0.5) is 17.1 Å². The van der Waals surface area contributed by atoms with Crippen molar-refractivity contribution in [1.29, 1.82) is 0 Å². The lowest BCUT2D eigenvalue weighted by Gasteiger charge is -2.27. The van der Waals surface area contributed by atoms with Gasteiger partial charge in [0.15, 0.2) is 11.6 Å². The summed E-state index contributed by atoms with van der Waals surface area (Å²) >= 11 is 0. The van der Waals surface area contributed by atoms with Gasteiger partial charge in [-0.15, -0.1) is 0 Å². The number of benzene rings is 4. The molecule has 5 nitrogen and oxygen atoms in total. The van der Waals surface area contributed by atoms with Crippen molar-refractivity contribution in [3.8, 4) is 11.1 Å². The molecule has 4 unspecified atom stereocenters. The average molecular weight is 644 g/mol. The highest BCUT2D eigenvalue weighted by atomic mass is 16.8. The van der Waals surface area contributed by atoms with E-state index in [0.29, 0.717) is 31.3 Å². The van der Waals surface area contributed by atoms with E-state index in [2.05, 4.69) is 118 Å². The number of anilines is 3. The van der Waals surface area contributed by atoms with Gasteiger partial charge >= 0.3 is 0 Å². The number of aryl methyl sites for hydroxylation is 4. The van der Waals surface area contributed by atoms with Crippen molar-refractivity contribution in [2.75, 3.05) is 18.1 Å². The first-order valence-corrected chi connectivity index (χ1v) is 18.1. The highest BCUT2D eigenvalue weighted by Crippen LogP contribution is 2.52. The topological polar surface area (TPSA) is 46.8 Å². The summed E-state index contributed by atoms with van der Waals surface area (Å²) in [6.07, 6.45) is 9.33. The Morgan fingerprint density at radius 2 is 1.06 bits per heavy atom. The highest BCUT2D eigenvalue weighted by molar-refractivity contribution is 5.79. The van der Waals surface area contributed by atoms with E-state index in [0.717, 1.165) is 44.2 Å². The second-order valence-corrected chi connectivity index (χ2v) is 14.6. The van der Waals surface area contributed by atoms with Crippen LogP contribution < -0.4 is 4.90 Å². The van der Waals surface area contributed by atoms with Gasteiger partial charge in [0.2, 0.25) is 0 Å². The fourth-order valence-corrected chi connectivity index (χ4v) is 8.03. The number of hydrogen-bond acceptors (Lipinski definition) is 5. The van der Waals surface area contributed by atoms with Gasteiger partial charge in [0.25, 0.3) is 0 Å². The molecule has 250 valence electrons. The van der Waals surface area contributed by atoms with E-state index in [1.807, 2.05) is 0 Å². The van der Waals surface area contributed by atoms with E-state index in [1.165, 1.54) is 63.2 Å². The van der Waals surface area contributed by atoms with Crippen molar-refractivity contribution >= 4 is 17.1 Å². The molecule has 4 aromatic rings. The summed E-state index contributed by atoms with van der Waals surface area (Å²) in [6, 6.07) is 31.6. The van der Waals surface area contributed by atoms with Crippen LogP contribution in [0.2, 0.25) is 0 Å². The Labute approximate surface area is 286 Å². The molecule has 5 heteroatoms. The molecule has 4 fully saturated rings. The van der Waals surface area contributed by atoms with Gasteiger partial charge in [0.1, 0.15) is 12.2 Å². The molecule has 2 heterocycles. The predicted molar refractivity (Wildman–Crippen MR) is 192 cm³/mol. The van der Waals surface area contributed by atoms with E-state index in [4.69, 9.17) is 18.9 Å². The molecule has 4 aromatic carbocycles. The zero-order chi connectivity index (χ0) is 32.9. The lowest BCUT2D eigenvalue weighted by atomic mass is 9.91. The maximum Gasteiger partial charge on any atom is 0.195 e. The fourth-order valence-electron chi connectivity index (χ4n) is 8.03. The van der Waals surface area contributed by atoms with Crippen LogP contribution in [0, 0.1) is 27.7 Å². The largest absolute Gasteiger partial charge is 0.347 e. The van der Waals surface area contributed by atoms with Gasteiger partial charge in [-0.2, -0.15) is 0 Å². The summed E-state index contributed by atoms with van der Waals surface area (Å²) < 4.78 is 24.5. The normalized spacial score (nSPS) is 25.8. The summed E-state index contributed by atoms with van der Waals surface area (Å²) in [4.78, 5) is 2.36. The molecule has 8 rings (SSSR count). The first-order chi connectivity index (χ1) is 23.3. The van der Waals surface area contributed by atoms with E-state index in [9.17, 15) is 0 Å². The Hall–Kier alpha value is -3.48. The van der Waals surface area contributed by atoms with Crippen LogP contribution in [0.1, 0.15) is 85.1 Å². The molecule has 0 N–H and O–H groups in total. The first-order valence-electron chi connectivity index (χ1n) is 18.1. The highest BCUT2D eigenvalue weighted by Gasteiger charge is 2.61. The van der Waals surface area contributed by atoms with Gasteiger partial charge in [-0.25, -0.2) is 0 Å². The van der Waals surface area contributed by atoms with Crippen LogP contribution in [0.3, 0.4) is 0 Å². The minimum atomic E-state index is -0.277. The molecule has 48 heavy (non-hydrogen) atoms. The second-order valence-electron chi connectivity index (χ2n) is 14.6. The van der Waals surface area contributed by atoms with Gasteiger partial charge in [-0.1, -0.05) is 48.5 Å². The van der Waals surface area contributed by atoms with Crippen LogP contribution in [0.15, 0.2) is 84.9 Å². The molecule has 4 aliphatic rings. The second kappa shape index (κ2) is 12.8. The average Bonchev–Trinajstić information content (AvgIpc) is 3.87. The van der Waals surface area contributed by atoms with Crippen LogP contribution in [0.25, 0.3) is 11.1 Å². The number of hydrogen-bond donors (Lipinski definition) is 0. The predicted octanol–water partition coefficient (Wildman–Crippen LogP) is 10.5. The SMILES string of the molecule is Cc1ccc(N(c2ccc(-c3ccc(C(CCOC45CCCC4O5)CCOC45CCCC4O5)cc3)cc2)c2ccc(C)c(C)c2)cc1C. The lowest BCUT2D eigenvalue weighted by molar-refractivity contribution is -0.0578. The van der Waals surface area contributed by atoms with Gasteiger partial charge in [0, 0.05) is 29.9 Å². The Balaban J connectivity index is 0.991. The van der Waals surface area contributed by atoms with Crippen LogP contribution in [-0.2, 0) is 18.9 Å². The van der Waals surface area contributed by atoms with Crippen LogP contribution in [0.5, 0.6) is 0 Å². The Morgan fingerprint density at radius 1 is 0.604 bits per heavy atom. The summed E-state index contributed by atoms with van der Waals surface area (Å²) in [5, 5.41) is 0. The maximum absolute atomic E-state index is 6.34. The van der Waals surface area contributed by atoms with Gasteiger partial charge in [-0.3, -0.25) is 0 Å². The third kappa shape index (κ3) is 6.22. The van der Waals surface area contributed by atoms with E-state index >= 15 is 0 Å². The minimum Gasteiger partial charge on any atom is -0.347 e.